The average molecular weight is 528 g/mol. The van der Waals surface area contributed by atoms with Gasteiger partial charge in [0.2, 0.25) is 0 Å². The summed E-state index contributed by atoms with van der Waals surface area (Å²) in [7, 11) is -3.97. The maximum absolute atomic E-state index is 13.6. The van der Waals surface area contributed by atoms with Crippen molar-refractivity contribution in [2.45, 2.75) is 61.4 Å². The van der Waals surface area contributed by atoms with E-state index in [-0.39, 0.29) is 51.8 Å². The number of amides is 1. The predicted molar refractivity (Wildman–Crippen MR) is 128 cm³/mol. The molecule has 0 heterocycles. The van der Waals surface area contributed by atoms with Crippen LogP contribution >= 0.6 is 11.6 Å². The highest BCUT2D eigenvalue weighted by atomic mass is 35.5. The molecule has 1 amide bonds. The third kappa shape index (κ3) is 4.59. The first-order chi connectivity index (χ1) is 16.4. The van der Waals surface area contributed by atoms with Gasteiger partial charge in [0.05, 0.1) is 26.9 Å². The fraction of sp³-hybridized carbons (Fsp3) is 0.480. The fourth-order valence-electron chi connectivity index (χ4n) is 5.63. The molecule has 2 aliphatic carbocycles. The van der Waals surface area contributed by atoms with Crippen molar-refractivity contribution in [1.29, 1.82) is 0 Å². The van der Waals surface area contributed by atoms with Gasteiger partial charge < -0.3 is 15.5 Å². The number of aliphatic hydroxyl groups is 2. The van der Waals surface area contributed by atoms with E-state index in [1.807, 2.05) is 13.8 Å². The lowest BCUT2D eigenvalue weighted by Crippen LogP contribution is -2.57. The molecule has 2 aliphatic rings. The molecule has 0 saturated heterocycles. The van der Waals surface area contributed by atoms with Gasteiger partial charge in [-0.3, -0.25) is 4.79 Å². The lowest BCUT2D eigenvalue weighted by molar-refractivity contribution is -0.156. The van der Waals surface area contributed by atoms with E-state index < -0.39 is 44.3 Å². The molecule has 3 N–H and O–H groups in total. The van der Waals surface area contributed by atoms with Gasteiger partial charge in [-0.15, -0.1) is 0 Å². The number of carbonyl (C=O) groups is 1. The molecule has 1 unspecified atom stereocenters. The Bertz CT molecular complexity index is 1240. The van der Waals surface area contributed by atoms with Gasteiger partial charge in [0.1, 0.15) is 0 Å². The smallest absolute Gasteiger partial charge is 0.255 e. The zero-order chi connectivity index (χ0) is 25.7. The fourth-order valence-corrected chi connectivity index (χ4v) is 8.03. The number of aliphatic hydroxyl groups excluding tert-OH is 1. The van der Waals surface area contributed by atoms with Crippen LogP contribution in [0.2, 0.25) is 5.02 Å². The second-order valence-corrected chi connectivity index (χ2v) is 12.5. The maximum atomic E-state index is 13.6. The summed E-state index contributed by atoms with van der Waals surface area (Å²) in [6.45, 7) is 3.64. The van der Waals surface area contributed by atoms with E-state index in [1.165, 1.54) is 24.3 Å². The number of hydrogen-bond acceptors (Lipinski definition) is 5. The first kappa shape index (κ1) is 26.0. The van der Waals surface area contributed by atoms with Crippen molar-refractivity contribution < 1.29 is 32.2 Å². The molecule has 35 heavy (non-hydrogen) atoms. The van der Waals surface area contributed by atoms with Crippen LogP contribution in [0.25, 0.3) is 0 Å². The van der Waals surface area contributed by atoms with Crippen LogP contribution in [0, 0.1) is 29.4 Å². The van der Waals surface area contributed by atoms with Crippen LogP contribution < -0.4 is 5.32 Å². The maximum Gasteiger partial charge on any atom is 0.255 e. The summed E-state index contributed by atoms with van der Waals surface area (Å²) < 4.78 is 53.8. The number of carbonyl (C=O) groups excluding carboxylic acids is 1. The van der Waals surface area contributed by atoms with Crippen LogP contribution in [-0.2, 0) is 9.84 Å². The highest BCUT2D eigenvalue weighted by Gasteiger charge is 2.59. The molecular formula is C25H28ClF2NO5S. The lowest BCUT2D eigenvalue weighted by atomic mass is 9.69. The highest BCUT2D eigenvalue weighted by molar-refractivity contribution is 7.92. The van der Waals surface area contributed by atoms with E-state index >= 15 is 0 Å². The molecule has 2 saturated carbocycles. The quantitative estimate of drug-likeness (QED) is 0.510. The second-order valence-electron chi connectivity index (χ2n) is 9.91. The third-order valence-electron chi connectivity index (χ3n) is 7.49. The van der Waals surface area contributed by atoms with Crippen molar-refractivity contribution in [2.24, 2.45) is 17.8 Å². The number of sulfone groups is 1. The Kier molecular flexibility index (Phi) is 7.00. The van der Waals surface area contributed by atoms with Crippen LogP contribution in [0.15, 0.2) is 41.3 Å². The molecule has 2 aromatic carbocycles. The minimum Gasteiger partial charge on any atom is -0.390 e. The minimum atomic E-state index is -3.97. The highest BCUT2D eigenvalue weighted by Crippen LogP contribution is 2.54. The Labute approximate surface area is 208 Å². The van der Waals surface area contributed by atoms with Crippen LogP contribution in [0.1, 0.15) is 49.9 Å². The van der Waals surface area contributed by atoms with Crippen molar-refractivity contribution in [3.8, 4) is 0 Å². The van der Waals surface area contributed by atoms with E-state index in [4.69, 9.17) is 11.6 Å². The van der Waals surface area contributed by atoms with E-state index in [0.29, 0.717) is 12.8 Å². The number of hydrogen-bond donors (Lipinski definition) is 3. The van der Waals surface area contributed by atoms with Crippen molar-refractivity contribution in [1.82, 2.24) is 0 Å². The van der Waals surface area contributed by atoms with Crippen LogP contribution in [-0.4, -0.2) is 41.5 Å². The molecule has 2 bridgehead atoms. The van der Waals surface area contributed by atoms with Gasteiger partial charge in [-0.2, -0.15) is 0 Å². The summed E-state index contributed by atoms with van der Waals surface area (Å²) in [5.41, 5.74) is -1.32. The van der Waals surface area contributed by atoms with Crippen molar-refractivity contribution >= 4 is 33.0 Å². The topological polar surface area (TPSA) is 104 Å². The van der Waals surface area contributed by atoms with Crippen LogP contribution in [0.3, 0.4) is 0 Å². The van der Waals surface area contributed by atoms with Crippen LogP contribution in [0.4, 0.5) is 14.5 Å². The third-order valence-corrected chi connectivity index (χ3v) is 10.1. The average Bonchev–Trinajstić information content (AvgIpc) is 2.97. The number of fused-ring (bicyclic) bond motifs is 2. The molecule has 0 aromatic heterocycles. The minimum absolute atomic E-state index is 0.0109. The number of rotatable bonds is 6. The summed E-state index contributed by atoms with van der Waals surface area (Å²) in [6, 6.07) is 6.72. The van der Waals surface area contributed by atoms with E-state index in [0.717, 1.165) is 12.1 Å². The number of benzene rings is 2. The first-order valence-electron chi connectivity index (χ1n) is 11.6. The van der Waals surface area contributed by atoms with Gasteiger partial charge in [-0.25, -0.2) is 17.2 Å². The first-order valence-corrected chi connectivity index (χ1v) is 13.5. The SMILES string of the molecule is CC(C)C(O)[C@@]1(O)[C@@H]2CC[C@H]1C[C@H](S(=O)(=O)c1cc(C(=O)Nc3ccc(F)c(F)c3)ccc1Cl)C2. The molecule has 4 rings (SSSR count). The molecule has 10 heteroatoms. The van der Waals surface area contributed by atoms with Gasteiger partial charge >= 0.3 is 0 Å². The normalized spacial score (nSPS) is 27.1. The van der Waals surface area contributed by atoms with Crippen molar-refractivity contribution in [3.63, 3.8) is 0 Å². The molecule has 0 radical (unpaired) electrons. The summed E-state index contributed by atoms with van der Waals surface area (Å²) in [6.07, 6.45) is 0.667. The Morgan fingerprint density at radius 1 is 1.09 bits per heavy atom. The molecule has 0 spiro atoms. The molecule has 190 valence electrons. The van der Waals surface area contributed by atoms with Crippen LogP contribution in [0.5, 0.6) is 0 Å². The Balaban J connectivity index is 1.59. The van der Waals surface area contributed by atoms with E-state index in [9.17, 15) is 32.2 Å². The Hall–Kier alpha value is -2.07. The van der Waals surface area contributed by atoms with Gasteiger partial charge in [-0.05, 0) is 73.8 Å². The lowest BCUT2D eigenvalue weighted by Gasteiger charge is -2.46. The standard InChI is InChI=1S/C25H28ClF2NO5S/c1-13(2)23(30)25(32)15-4-5-16(25)11-18(10-15)35(33,34)22-9-14(3-7-19(22)26)24(31)29-17-6-8-20(27)21(28)12-17/h3,6-9,12-13,15-16,18,23,30,32H,4-5,10-11H2,1-2H3,(H,29,31)/t15-,16+,18-,23?,25-. The second kappa shape index (κ2) is 9.42. The van der Waals surface area contributed by atoms with Gasteiger partial charge in [-0.1, -0.05) is 25.4 Å². The van der Waals surface area contributed by atoms with Gasteiger partial charge in [0.25, 0.3) is 5.91 Å². The predicted octanol–water partition coefficient (Wildman–Crippen LogP) is 4.58. The zero-order valence-electron chi connectivity index (χ0n) is 19.3. The Morgan fingerprint density at radius 3 is 2.29 bits per heavy atom. The van der Waals surface area contributed by atoms with Gasteiger partial charge in [0, 0.05) is 17.3 Å². The van der Waals surface area contributed by atoms with Crippen molar-refractivity contribution in [2.75, 3.05) is 5.32 Å². The Morgan fingerprint density at radius 2 is 1.71 bits per heavy atom. The summed E-state index contributed by atoms with van der Waals surface area (Å²) in [5, 5.41) is 23.6. The molecule has 0 aliphatic heterocycles. The number of anilines is 1. The summed E-state index contributed by atoms with van der Waals surface area (Å²) in [5.74, 6) is -3.79. The monoisotopic (exact) mass is 527 g/mol. The van der Waals surface area contributed by atoms with Crippen molar-refractivity contribution in [3.05, 3.63) is 58.6 Å². The van der Waals surface area contributed by atoms with E-state index in [1.54, 1.807) is 0 Å². The summed E-state index contributed by atoms with van der Waals surface area (Å²) >= 11 is 6.25. The largest absolute Gasteiger partial charge is 0.390 e. The molecule has 2 aromatic rings. The molecule has 2 fully saturated rings. The molecule has 6 nitrogen and oxygen atoms in total. The number of halogens is 3. The zero-order valence-corrected chi connectivity index (χ0v) is 20.9. The van der Waals surface area contributed by atoms with Gasteiger partial charge in [0.15, 0.2) is 21.5 Å². The molecular weight excluding hydrogens is 500 g/mol. The number of nitrogens with one attached hydrogen (secondary N) is 1. The molecule has 5 atom stereocenters. The summed E-state index contributed by atoms with van der Waals surface area (Å²) in [4.78, 5) is 12.5. The van der Waals surface area contributed by atoms with E-state index in [2.05, 4.69) is 5.32 Å².